The first-order valence-electron chi connectivity index (χ1n) is 8.92. The summed E-state index contributed by atoms with van der Waals surface area (Å²) >= 11 is 2.28. The van der Waals surface area contributed by atoms with E-state index in [0.29, 0.717) is 5.54 Å². The van der Waals surface area contributed by atoms with Crippen molar-refractivity contribution in [1.82, 2.24) is 0 Å². The predicted octanol–water partition coefficient (Wildman–Crippen LogP) is -4.25. The van der Waals surface area contributed by atoms with Crippen molar-refractivity contribution >= 4 is 17.1 Å². The molecule has 0 amide bonds. The summed E-state index contributed by atoms with van der Waals surface area (Å²) in [6.07, 6.45) is 0. The Bertz CT molecular complexity index is 965. The van der Waals surface area contributed by atoms with Gasteiger partial charge in [0.1, 0.15) is 0 Å². The van der Waals surface area contributed by atoms with Crippen LogP contribution < -0.4 is 46.3 Å². The molecule has 0 radical (unpaired) electrons. The molecule has 4 rings (SSSR count). The summed E-state index contributed by atoms with van der Waals surface area (Å²) in [5.41, 5.74) is 9.28. The van der Waals surface area contributed by atoms with Crippen molar-refractivity contribution in [2.24, 2.45) is 0 Å². The Labute approximate surface area is 200 Å². The maximum absolute atomic E-state index is 2.55. The Hall–Kier alpha value is -0.539. The van der Waals surface area contributed by atoms with Gasteiger partial charge in [-0.3, -0.25) is 0 Å². The number of fused-ring (bicyclic) bond motifs is 3. The van der Waals surface area contributed by atoms with Crippen molar-refractivity contribution in [1.29, 1.82) is 0 Å². The third kappa shape index (κ3) is 4.17. The molecule has 28 heavy (non-hydrogen) atoms. The van der Waals surface area contributed by atoms with Crippen LogP contribution in [0.2, 0.25) is 13.1 Å². The van der Waals surface area contributed by atoms with Crippen LogP contribution in [0.4, 0.5) is 0 Å². The van der Waals surface area contributed by atoms with Gasteiger partial charge >= 0.3 is 164 Å². The molecule has 0 fully saturated rings. The van der Waals surface area contributed by atoms with Gasteiger partial charge in [0.15, 0.2) is 0 Å². The molecule has 3 aromatic carbocycles. The van der Waals surface area contributed by atoms with E-state index in [0.717, 1.165) is 0 Å². The molecule has 5 heteroatoms. The first-order chi connectivity index (χ1) is 11.9. The molecule has 144 valence electrons. The Morgan fingerprint density at radius 3 is 1.96 bits per heavy atom. The number of aryl methyl sites for hydroxylation is 2. The Morgan fingerprint density at radius 1 is 0.750 bits per heavy atom. The zero-order chi connectivity index (χ0) is 17.8. The van der Waals surface area contributed by atoms with Gasteiger partial charge in [-0.25, -0.2) is 0 Å². The van der Waals surface area contributed by atoms with E-state index in [9.17, 15) is 0 Å². The summed E-state index contributed by atoms with van der Waals surface area (Å²) in [5.74, 6) is 0. The minimum absolute atomic E-state index is 0. The second kappa shape index (κ2) is 9.51. The standard InChI is InChI=1S/C23H23Si.3ClH.Ti/c1-16-13-17(2)15-18(14-16)24(3,4)23-21-11-7-5-9-19(21)20-10-6-8-12-22(20)23;;;;/h5-11,13-15,23H,1-4H3;3*1H;/q;;;;+3/p-3. The van der Waals surface area contributed by atoms with Gasteiger partial charge in [0, 0.05) is 0 Å². The Kier molecular flexibility index (Phi) is 8.66. The van der Waals surface area contributed by atoms with Gasteiger partial charge in [-0.2, -0.15) is 0 Å². The van der Waals surface area contributed by atoms with Crippen LogP contribution in [0, 0.1) is 13.8 Å². The molecule has 1 aliphatic carbocycles. The maximum Gasteiger partial charge on any atom is -1.00 e. The summed E-state index contributed by atoms with van der Waals surface area (Å²) in [6, 6.07) is 23.0. The van der Waals surface area contributed by atoms with Gasteiger partial charge in [0.25, 0.3) is 0 Å². The fourth-order valence-corrected chi connectivity index (χ4v) is 8.93. The van der Waals surface area contributed by atoms with E-state index in [1.165, 1.54) is 31.7 Å². The van der Waals surface area contributed by atoms with Crippen LogP contribution in [-0.4, -0.2) is 8.07 Å². The normalized spacial score (nSPS) is 14.1. The summed E-state index contributed by atoms with van der Waals surface area (Å²) in [7, 11) is -1.74. The van der Waals surface area contributed by atoms with E-state index >= 15 is 0 Å². The third-order valence-electron chi connectivity index (χ3n) is 5.64. The largest absolute Gasteiger partial charge is 1.00 e. The van der Waals surface area contributed by atoms with Crippen LogP contribution in [0.15, 0.2) is 60.7 Å². The zero-order valence-electron chi connectivity index (χ0n) is 16.5. The summed E-state index contributed by atoms with van der Waals surface area (Å²) in [5, 5.41) is 1.57. The Morgan fingerprint density at radius 2 is 1.32 bits per heavy atom. The molecular weight excluding hydrogens is 459 g/mol. The molecule has 0 nitrogen and oxygen atoms in total. The topological polar surface area (TPSA) is 0 Å². The molecular formula is C23H23Cl3SiTi. The SMILES string of the molecule is Cc1cc(C)cc([Si](C)(C)C2c3ccccc3-c3ccc[c]([Ti+3])c32)c1.[Cl-].[Cl-].[Cl-]. The first-order valence-corrected chi connectivity index (χ1v) is 12.8. The van der Waals surface area contributed by atoms with E-state index in [1.54, 1.807) is 10.8 Å². The number of hydrogen-bond donors (Lipinski definition) is 0. The van der Waals surface area contributed by atoms with E-state index in [2.05, 4.69) is 108 Å². The molecule has 0 saturated carbocycles. The molecule has 0 aromatic heterocycles. The molecule has 0 aliphatic heterocycles. The summed E-state index contributed by atoms with van der Waals surface area (Å²) in [4.78, 5) is 0. The van der Waals surface area contributed by atoms with Gasteiger partial charge in [0.2, 0.25) is 0 Å². The Balaban J connectivity index is 0.00000131. The van der Waals surface area contributed by atoms with Crippen molar-refractivity contribution in [2.45, 2.75) is 32.5 Å². The van der Waals surface area contributed by atoms with E-state index in [4.69, 9.17) is 0 Å². The quantitative estimate of drug-likeness (QED) is 0.326. The van der Waals surface area contributed by atoms with Crippen molar-refractivity contribution in [3.8, 4) is 11.1 Å². The fourth-order valence-electron chi connectivity index (χ4n) is 4.52. The van der Waals surface area contributed by atoms with Gasteiger partial charge in [-0.1, -0.05) is 0 Å². The van der Waals surface area contributed by atoms with Crippen LogP contribution in [0.3, 0.4) is 0 Å². The second-order valence-corrected chi connectivity index (χ2v) is 13.3. The van der Waals surface area contributed by atoms with E-state index in [-0.39, 0.29) is 37.2 Å². The zero-order valence-corrected chi connectivity index (χ0v) is 21.3. The molecule has 0 heterocycles. The van der Waals surface area contributed by atoms with Crippen molar-refractivity contribution in [2.75, 3.05) is 0 Å². The van der Waals surface area contributed by atoms with Crippen LogP contribution >= 0.6 is 0 Å². The molecule has 0 saturated heterocycles. The number of hydrogen-bond acceptors (Lipinski definition) is 0. The van der Waals surface area contributed by atoms with Gasteiger partial charge in [-0.15, -0.1) is 0 Å². The van der Waals surface area contributed by atoms with Crippen LogP contribution in [0.1, 0.15) is 27.8 Å². The summed E-state index contributed by atoms with van der Waals surface area (Å²) < 4.78 is 1.43. The van der Waals surface area contributed by atoms with Crippen LogP contribution in [-0.2, 0) is 20.4 Å². The average molecular weight is 482 g/mol. The second-order valence-electron chi connectivity index (χ2n) is 7.89. The first kappa shape index (κ1) is 25.5. The molecule has 0 bridgehead atoms. The van der Waals surface area contributed by atoms with Gasteiger partial charge in [-0.05, 0) is 0 Å². The van der Waals surface area contributed by atoms with E-state index in [1.807, 2.05) is 0 Å². The minimum Gasteiger partial charge on any atom is -1.00 e. The van der Waals surface area contributed by atoms with Gasteiger partial charge < -0.3 is 37.2 Å². The third-order valence-corrected chi connectivity index (χ3v) is 10.1. The van der Waals surface area contributed by atoms with Crippen molar-refractivity contribution in [3.05, 3.63) is 82.9 Å². The van der Waals surface area contributed by atoms with Crippen molar-refractivity contribution in [3.63, 3.8) is 0 Å². The predicted molar refractivity (Wildman–Crippen MR) is 106 cm³/mol. The van der Waals surface area contributed by atoms with Crippen LogP contribution in [0.25, 0.3) is 11.1 Å². The van der Waals surface area contributed by atoms with Crippen molar-refractivity contribution < 1.29 is 57.7 Å². The number of halogens is 3. The van der Waals surface area contributed by atoms with E-state index < -0.39 is 8.07 Å². The van der Waals surface area contributed by atoms with Crippen LogP contribution in [0.5, 0.6) is 0 Å². The molecule has 1 aliphatic rings. The monoisotopic (exact) mass is 480 g/mol. The molecule has 3 aromatic rings. The number of benzene rings is 3. The molecule has 1 unspecified atom stereocenters. The van der Waals surface area contributed by atoms with Gasteiger partial charge in [0.05, 0.1) is 0 Å². The molecule has 1 atom stereocenters. The number of rotatable bonds is 2. The fraction of sp³-hybridized carbons (Fsp3) is 0.217. The summed E-state index contributed by atoms with van der Waals surface area (Å²) in [6.45, 7) is 9.54. The smallest absolute Gasteiger partial charge is 1.00 e. The molecule has 0 spiro atoms. The molecule has 0 N–H and O–H groups in total. The minimum atomic E-state index is -1.74. The average Bonchev–Trinajstić information content (AvgIpc) is 2.91. The maximum atomic E-state index is 2.55.